The first-order valence-electron chi connectivity index (χ1n) is 7.72. The molecule has 0 heterocycles. The van der Waals surface area contributed by atoms with Gasteiger partial charge < -0.3 is 15.7 Å². The summed E-state index contributed by atoms with van der Waals surface area (Å²) in [5.74, 6) is -1.61. The van der Waals surface area contributed by atoms with Crippen molar-refractivity contribution in [2.45, 2.75) is 6.42 Å². The van der Waals surface area contributed by atoms with Crippen LogP contribution in [0.5, 0.6) is 0 Å². The van der Waals surface area contributed by atoms with E-state index in [0.29, 0.717) is 12.2 Å². The fourth-order valence-electron chi connectivity index (χ4n) is 2.08. The van der Waals surface area contributed by atoms with Crippen molar-refractivity contribution in [1.29, 1.82) is 5.26 Å². The maximum Gasteiger partial charge on any atom is 0.335 e. The van der Waals surface area contributed by atoms with Crippen molar-refractivity contribution >= 4 is 33.5 Å². The molecule has 0 saturated carbocycles. The van der Waals surface area contributed by atoms with Crippen LogP contribution in [-0.4, -0.2) is 23.5 Å². The largest absolute Gasteiger partial charge is 0.478 e. The van der Waals surface area contributed by atoms with Crippen LogP contribution in [0.2, 0.25) is 0 Å². The molecule has 0 aliphatic rings. The summed E-state index contributed by atoms with van der Waals surface area (Å²) in [6.45, 7) is 0.577. The molecule has 26 heavy (non-hydrogen) atoms. The van der Waals surface area contributed by atoms with E-state index in [1.54, 1.807) is 0 Å². The Labute approximate surface area is 159 Å². The summed E-state index contributed by atoms with van der Waals surface area (Å²) in [6, 6.07) is 15.4. The number of hydrogen-bond donors (Lipinski definition) is 3. The molecule has 0 aliphatic carbocycles. The van der Waals surface area contributed by atoms with Gasteiger partial charge in [0.2, 0.25) is 0 Å². The zero-order valence-corrected chi connectivity index (χ0v) is 15.3. The van der Waals surface area contributed by atoms with Gasteiger partial charge in [-0.1, -0.05) is 28.1 Å². The molecule has 2 aromatic rings. The van der Waals surface area contributed by atoms with Gasteiger partial charge in [-0.15, -0.1) is 0 Å². The lowest BCUT2D eigenvalue weighted by Gasteiger charge is -2.06. The molecular formula is C19H16BrN3O3. The fraction of sp³-hybridized carbons (Fsp3) is 0.105. The van der Waals surface area contributed by atoms with Crippen molar-refractivity contribution in [1.82, 2.24) is 5.32 Å². The molecule has 132 valence electrons. The second-order valence-electron chi connectivity index (χ2n) is 5.34. The minimum atomic E-state index is -1.05. The van der Waals surface area contributed by atoms with E-state index >= 15 is 0 Å². The number of halogens is 1. The van der Waals surface area contributed by atoms with Crippen molar-refractivity contribution in [2.75, 3.05) is 11.9 Å². The minimum Gasteiger partial charge on any atom is -0.478 e. The number of benzene rings is 2. The number of aromatic carboxylic acids is 1. The summed E-state index contributed by atoms with van der Waals surface area (Å²) in [5.41, 5.74) is 1.60. The number of anilines is 1. The number of carboxylic acids is 1. The van der Waals surface area contributed by atoms with Crippen LogP contribution in [-0.2, 0) is 11.2 Å². The maximum absolute atomic E-state index is 12.1. The van der Waals surface area contributed by atoms with Crippen LogP contribution < -0.4 is 10.6 Å². The highest BCUT2D eigenvalue weighted by atomic mass is 79.9. The van der Waals surface area contributed by atoms with Crippen LogP contribution in [0.25, 0.3) is 0 Å². The first-order valence-corrected chi connectivity index (χ1v) is 8.51. The molecular weight excluding hydrogens is 398 g/mol. The van der Waals surface area contributed by atoms with Crippen LogP contribution in [0.3, 0.4) is 0 Å². The van der Waals surface area contributed by atoms with E-state index < -0.39 is 11.9 Å². The topological polar surface area (TPSA) is 102 Å². The summed E-state index contributed by atoms with van der Waals surface area (Å²) in [5, 5.41) is 23.5. The maximum atomic E-state index is 12.1. The third-order valence-electron chi connectivity index (χ3n) is 3.47. The average molecular weight is 414 g/mol. The first kappa shape index (κ1) is 19.2. The lowest BCUT2D eigenvalue weighted by molar-refractivity contribution is -0.112. The summed E-state index contributed by atoms with van der Waals surface area (Å²) in [7, 11) is 0. The Morgan fingerprint density at radius 3 is 2.35 bits per heavy atom. The first-order chi connectivity index (χ1) is 12.5. The predicted molar refractivity (Wildman–Crippen MR) is 102 cm³/mol. The van der Waals surface area contributed by atoms with Gasteiger partial charge in [0, 0.05) is 22.9 Å². The molecule has 0 radical (unpaired) electrons. The quantitative estimate of drug-likeness (QED) is 0.367. The van der Waals surface area contributed by atoms with E-state index in [2.05, 4.69) is 26.6 Å². The molecule has 0 spiro atoms. The monoisotopic (exact) mass is 413 g/mol. The van der Waals surface area contributed by atoms with E-state index in [-0.39, 0.29) is 11.1 Å². The normalized spacial score (nSPS) is 10.7. The van der Waals surface area contributed by atoms with Gasteiger partial charge in [-0.25, -0.2) is 4.79 Å². The Morgan fingerprint density at radius 1 is 1.12 bits per heavy atom. The Balaban J connectivity index is 1.88. The highest BCUT2D eigenvalue weighted by Crippen LogP contribution is 2.12. The van der Waals surface area contributed by atoms with Crippen LogP contribution in [0.15, 0.2) is 64.8 Å². The number of hydrogen-bond acceptors (Lipinski definition) is 4. The average Bonchev–Trinajstić information content (AvgIpc) is 2.63. The molecule has 3 N–H and O–H groups in total. The fourth-order valence-corrected chi connectivity index (χ4v) is 2.35. The van der Waals surface area contributed by atoms with Crippen LogP contribution in [0, 0.1) is 11.3 Å². The lowest BCUT2D eigenvalue weighted by Crippen LogP contribution is -2.18. The molecule has 0 aromatic heterocycles. The molecule has 0 unspecified atom stereocenters. The standard InChI is InChI=1S/C19H16BrN3O3/c20-16-5-1-13(2-6-16)9-10-22-12-15(11-21)18(24)23-17-7-3-14(4-8-17)19(25)26/h1-8,12,22H,9-10H2,(H,23,24)(H,25,26)/b15-12-. The van der Waals surface area contributed by atoms with E-state index in [1.807, 2.05) is 30.3 Å². The number of rotatable bonds is 7. The Morgan fingerprint density at radius 2 is 1.77 bits per heavy atom. The Kier molecular flexibility index (Phi) is 6.94. The second kappa shape index (κ2) is 9.39. The van der Waals surface area contributed by atoms with Crippen LogP contribution in [0.4, 0.5) is 5.69 Å². The van der Waals surface area contributed by atoms with Gasteiger partial charge in [0.15, 0.2) is 0 Å². The van der Waals surface area contributed by atoms with Crippen molar-refractivity contribution in [3.8, 4) is 6.07 Å². The third kappa shape index (κ3) is 5.76. The molecule has 2 rings (SSSR count). The third-order valence-corrected chi connectivity index (χ3v) is 4.00. The summed E-state index contributed by atoms with van der Waals surface area (Å²) in [4.78, 5) is 22.9. The van der Waals surface area contributed by atoms with Crippen molar-refractivity contribution in [2.24, 2.45) is 0 Å². The number of nitriles is 1. The number of nitrogens with one attached hydrogen (secondary N) is 2. The molecule has 7 heteroatoms. The van der Waals surface area contributed by atoms with E-state index in [1.165, 1.54) is 30.5 Å². The summed E-state index contributed by atoms with van der Waals surface area (Å²) < 4.78 is 1.01. The van der Waals surface area contributed by atoms with Gasteiger partial charge in [0.25, 0.3) is 5.91 Å². The summed E-state index contributed by atoms with van der Waals surface area (Å²) >= 11 is 3.38. The van der Waals surface area contributed by atoms with Gasteiger partial charge in [-0.3, -0.25) is 4.79 Å². The van der Waals surface area contributed by atoms with E-state index in [4.69, 9.17) is 10.4 Å². The number of amides is 1. The molecule has 6 nitrogen and oxygen atoms in total. The molecule has 0 saturated heterocycles. The Hall–Kier alpha value is -3.11. The lowest BCUT2D eigenvalue weighted by atomic mass is 10.1. The number of carbonyl (C=O) groups is 2. The van der Waals surface area contributed by atoms with Gasteiger partial charge in [-0.2, -0.15) is 5.26 Å². The van der Waals surface area contributed by atoms with E-state index in [9.17, 15) is 9.59 Å². The zero-order chi connectivity index (χ0) is 18.9. The molecule has 0 fully saturated rings. The molecule has 0 aliphatic heterocycles. The smallest absolute Gasteiger partial charge is 0.335 e. The predicted octanol–water partition coefficient (Wildman–Crippen LogP) is 3.33. The van der Waals surface area contributed by atoms with Gasteiger partial charge >= 0.3 is 5.97 Å². The molecule has 2 aromatic carbocycles. The van der Waals surface area contributed by atoms with Crippen molar-refractivity contribution in [3.05, 3.63) is 75.9 Å². The molecule has 1 amide bonds. The minimum absolute atomic E-state index is 0.0666. The van der Waals surface area contributed by atoms with Gasteiger partial charge in [-0.05, 0) is 48.4 Å². The molecule has 0 bridgehead atoms. The zero-order valence-electron chi connectivity index (χ0n) is 13.7. The number of carbonyl (C=O) groups excluding carboxylic acids is 1. The number of carboxylic acid groups (broad SMARTS) is 1. The van der Waals surface area contributed by atoms with E-state index in [0.717, 1.165) is 16.5 Å². The van der Waals surface area contributed by atoms with Gasteiger partial charge in [0.05, 0.1) is 5.56 Å². The highest BCUT2D eigenvalue weighted by molar-refractivity contribution is 9.10. The highest BCUT2D eigenvalue weighted by Gasteiger charge is 2.10. The van der Waals surface area contributed by atoms with Crippen molar-refractivity contribution < 1.29 is 14.7 Å². The SMILES string of the molecule is N#C/C(=C/NCCc1ccc(Br)cc1)C(=O)Nc1ccc(C(=O)O)cc1. The Bertz CT molecular complexity index is 853. The van der Waals surface area contributed by atoms with Crippen LogP contribution >= 0.6 is 15.9 Å². The molecule has 0 atom stereocenters. The number of nitrogens with zero attached hydrogens (tertiary/aromatic N) is 1. The van der Waals surface area contributed by atoms with Crippen LogP contribution in [0.1, 0.15) is 15.9 Å². The summed E-state index contributed by atoms with van der Waals surface area (Å²) in [6.07, 6.45) is 2.13. The van der Waals surface area contributed by atoms with Gasteiger partial charge in [0.1, 0.15) is 11.6 Å². The van der Waals surface area contributed by atoms with Crippen molar-refractivity contribution in [3.63, 3.8) is 0 Å². The second-order valence-corrected chi connectivity index (χ2v) is 6.25.